The minimum atomic E-state index is -0.720. The topological polar surface area (TPSA) is 96.7 Å². The van der Waals surface area contributed by atoms with Gasteiger partial charge in [-0.25, -0.2) is 4.98 Å². The SMILES string of the molecule is Cc1noc(C(C)(C)NC(=O)Cc2c[nH]c3ncccc23)n1. The lowest BCUT2D eigenvalue weighted by Gasteiger charge is -2.21. The number of hydrogen-bond acceptors (Lipinski definition) is 5. The molecule has 3 aromatic rings. The van der Waals surface area contributed by atoms with Crippen LogP contribution in [-0.4, -0.2) is 26.0 Å². The molecule has 0 aliphatic heterocycles. The van der Waals surface area contributed by atoms with Crippen molar-refractivity contribution in [2.24, 2.45) is 0 Å². The van der Waals surface area contributed by atoms with Gasteiger partial charge in [-0.1, -0.05) is 5.16 Å². The average molecular weight is 299 g/mol. The number of pyridine rings is 1. The third-order valence-corrected chi connectivity index (χ3v) is 3.40. The summed E-state index contributed by atoms with van der Waals surface area (Å²) in [5.74, 6) is 0.810. The normalized spacial score (nSPS) is 11.8. The molecule has 114 valence electrons. The second kappa shape index (κ2) is 5.25. The highest BCUT2D eigenvalue weighted by atomic mass is 16.5. The van der Waals surface area contributed by atoms with E-state index in [2.05, 4.69) is 25.4 Å². The molecule has 0 bridgehead atoms. The fraction of sp³-hybridized carbons (Fsp3) is 0.333. The maximum Gasteiger partial charge on any atom is 0.251 e. The Morgan fingerprint density at radius 3 is 3.00 bits per heavy atom. The van der Waals surface area contributed by atoms with Crippen LogP contribution in [0.15, 0.2) is 29.0 Å². The Kier molecular flexibility index (Phi) is 3.40. The highest BCUT2D eigenvalue weighted by Crippen LogP contribution is 2.20. The molecule has 7 heteroatoms. The fourth-order valence-electron chi connectivity index (χ4n) is 2.33. The number of aromatic amines is 1. The van der Waals surface area contributed by atoms with Gasteiger partial charge >= 0.3 is 0 Å². The maximum atomic E-state index is 12.3. The van der Waals surface area contributed by atoms with Crippen molar-refractivity contribution in [2.75, 3.05) is 0 Å². The number of fused-ring (bicyclic) bond motifs is 1. The van der Waals surface area contributed by atoms with Crippen LogP contribution in [0.25, 0.3) is 11.0 Å². The molecule has 0 aliphatic carbocycles. The second-order valence-electron chi connectivity index (χ2n) is 5.71. The van der Waals surface area contributed by atoms with Crippen LogP contribution in [0.5, 0.6) is 0 Å². The highest BCUT2D eigenvalue weighted by Gasteiger charge is 2.29. The molecule has 0 fully saturated rings. The van der Waals surface area contributed by atoms with E-state index in [0.29, 0.717) is 11.7 Å². The highest BCUT2D eigenvalue weighted by molar-refractivity contribution is 5.87. The van der Waals surface area contributed by atoms with E-state index in [4.69, 9.17) is 4.52 Å². The number of aryl methyl sites for hydroxylation is 1. The summed E-state index contributed by atoms with van der Waals surface area (Å²) in [7, 11) is 0. The predicted molar refractivity (Wildman–Crippen MR) is 80.0 cm³/mol. The van der Waals surface area contributed by atoms with E-state index in [0.717, 1.165) is 16.6 Å². The summed E-state index contributed by atoms with van der Waals surface area (Å²) < 4.78 is 5.14. The first kappa shape index (κ1) is 14.2. The van der Waals surface area contributed by atoms with Crippen molar-refractivity contribution in [1.82, 2.24) is 25.4 Å². The van der Waals surface area contributed by atoms with Gasteiger partial charge in [0.15, 0.2) is 5.82 Å². The first-order valence-electron chi connectivity index (χ1n) is 6.98. The van der Waals surface area contributed by atoms with Gasteiger partial charge in [-0.15, -0.1) is 0 Å². The molecule has 0 unspecified atom stereocenters. The first-order chi connectivity index (χ1) is 10.5. The monoisotopic (exact) mass is 299 g/mol. The van der Waals surface area contributed by atoms with Crippen LogP contribution < -0.4 is 5.32 Å². The Hall–Kier alpha value is -2.70. The van der Waals surface area contributed by atoms with Crippen molar-refractivity contribution >= 4 is 16.9 Å². The van der Waals surface area contributed by atoms with Gasteiger partial charge in [0, 0.05) is 17.8 Å². The number of rotatable bonds is 4. The molecule has 1 amide bonds. The van der Waals surface area contributed by atoms with Gasteiger partial charge in [-0.3, -0.25) is 4.79 Å². The Morgan fingerprint density at radius 2 is 2.27 bits per heavy atom. The lowest BCUT2D eigenvalue weighted by molar-refractivity contribution is -0.122. The second-order valence-corrected chi connectivity index (χ2v) is 5.71. The van der Waals surface area contributed by atoms with Crippen LogP contribution in [0.2, 0.25) is 0 Å². The Balaban J connectivity index is 1.75. The predicted octanol–water partition coefficient (Wildman–Crippen LogP) is 1.85. The largest absolute Gasteiger partial charge is 0.346 e. The van der Waals surface area contributed by atoms with Crippen LogP contribution in [0.3, 0.4) is 0 Å². The van der Waals surface area contributed by atoms with Crippen LogP contribution in [0.4, 0.5) is 0 Å². The van der Waals surface area contributed by atoms with Crippen LogP contribution in [0, 0.1) is 6.92 Å². The van der Waals surface area contributed by atoms with Gasteiger partial charge < -0.3 is 14.8 Å². The quantitative estimate of drug-likeness (QED) is 0.766. The lowest BCUT2D eigenvalue weighted by Crippen LogP contribution is -2.42. The molecular weight excluding hydrogens is 282 g/mol. The van der Waals surface area contributed by atoms with Crippen LogP contribution in [-0.2, 0) is 16.8 Å². The average Bonchev–Trinajstić information content (AvgIpc) is 3.06. The Bertz CT molecular complexity index is 818. The number of H-pyrrole nitrogens is 1. The van der Waals surface area contributed by atoms with Gasteiger partial charge in [-0.2, -0.15) is 4.98 Å². The van der Waals surface area contributed by atoms with Gasteiger partial charge in [0.25, 0.3) is 5.89 Å². The summed E-state index contributed by atoms with van der Waals surface area (Å²) in [6.07, 6.45) is 3.77. The molecular formula is C15H17N5O2. The summed E-state index contributed by atoms with van der Waals surface area (Å²) in [4.78, 5) is 23.8. The molecule has 2 N–H and O–H groups in total. The summed E-state index contributed by atoms with van der Waals surface area (Å²) >= 11 is 0. The van der Waals surface area contributed by atoms with E-state index in [1.54, 1.807) is 19.3 Å². The number of carbonyl (C=O) groups excluding carboxylic acids is 1. The zero-order valence-electron chi connectivity index (χ0n) is 12.7. The van der Waals surface area contributed by atoms with Crippen molar-refractivity contribution in [1.29, 1.82) is 0 Å². The summed E-state index contributed by atoms with van der Waals surface area (Å²) in [5, 5.41) is 7.62. The van der Waals surface area contributed by atoms with Gasteiger partial charge in [0.1, 0.15) is 11.2 Å². The summed E-state index contributed by atoms with van der Waals surface area (Å²) in [6, 6.07) is 3.79. The van der Waals surface area contributed by atoms with Crippen molar-refractivity contribution in [3.63, 3.8) is 0 Å². The number of nitrogens with zero attached hydrogens (tertiary/aromatic N) is 3. The molecule has 0 saturated carbocycles. The maximum absolute atomic E-state index is 12.3. The van der Waals surface area contributed by atoms with E-state index in [9.17, 15) is 4.79 Å². The van der Waals surface area contributed by atoms with E-state index < -0.39 is 5.54 Å². The molecule has 0 spiro atoms. The summed E-state index contributed by atoms with van der Waals surface area (Å²) in [6.45, 7) is 5.40. The number of amides is 1. The third kappa shape index (κ3) is 2.69. The molecule has 3 heterocycles. The number of aromatic nitrogens is 4. The van der Waals surface area contributed by atoms with Crippen molar-refractivity contribution in [2.45, 2.75) is 32.7 Å². The lowest BCUT2D eigenvalue weighted by atomic mass is 10.0. The molecule has 3 aromatic heterocycles. The smallest absolute Gasteiger partial charge is 0.251 e. The molecule has 7 nitrogen and oxygen atoms in total. The number of carbonyl (C=O) groups is 1. The molecule has 0 aromatic carbocycles. The van der Waals surface area contributed by atoms with E-state index in [-0.39, 0.29) is 12.3 Å². The van der Waals surface area contributed by atoms with E-state index in [1.807, 2.05) is 26.0 Å². The van der Waals surface area contributed by atoms with Gasteiger partial charge in [0.2, 0.25) is 5.91 Å². The fourth-order valence-corrected chi connectivity index (χ4v) is 2.33. The zero-order chi connectivity index (χ0) is 15.7. The minimum absolute atomic E-state index is 0.120. The summed E-state index contributed by atoms with van der Waals surface area (Å²) in [5.41, 5.74) is 0.957. The first-order valence-corrected chi connectivity index (χ1v) is 6.98. The van der Waals surface area contributed by atoms with E-state index >= 15 is 0 Å². The molecule has 0 atom stereocenters. The van der Waals surface area contributed by atoms with Crippen molar-refractivity contribution in [3.8, 4) is 0 Å². The van der Waals surface area contributed by atoms with Gasteiger partial charge in [0.05, 0.1) is 6.42 Å². The van der Waals surface area contributed by atoms with Crippen LogP contribution in [0.1, 0.15) is 31.1 Å². The van der Waals surface area contributed by atoms with Gasteiger partial charge in [-0.05, 0) is 38.5 Å². The molecule has 0 aliphatic rings. The van der Waals surface area contributed by atoms with E-state index in [1.165, 1.54) is 0 Å². The standard InChI is InChI=1S/C15H17N5O2/c1-9-18-14(22-20-9)15(2,3)19-12(21)7-10-8-17-13-11(10)5-4-6-16-13/h4-6,8H,7H2,1-3H3,(H,16,17)(H,19,21). The zero-order valence-corrected chi connectivity index (χ0v) is 12.7. The Morgan fingerprint density at radius 1 is 1.45 bits per heavy atom. The number of hydrogen-bond donors (Lipinski definition) is 2. The van der Waals surface area contributed by atoms with Crippen molar-refractivity contribution < 1.29 is 9.32 Å². The molecule has 0 radical (unpaired) electrons. The Labute approximate surface area is 127 Å². The molecule has 3 rings (SSSR count). The molecule has 0 saturated heterocycles. The van der Waals surface area contributed by atoms with Crippen LogP contribution >= 0.6 is 0 Å². The van der Waals surface area contributed by atoms with Crippen molar-refractivity contribution in [3.05, 3.63) is 41.8 Å². The third-order valence-electron chi connectivity index (χ3n) is 3.40. The number of nitrogens with one attached hydrogen (secondary N) is 2. The molecule has 22 heavy (non-hydrogen) atoms. The minimum Gasteiger partial charge on any atom is -0.346 e.